The van der Waals surface area contributed by atoms with E-state index in [-0.39, 0.29) is 11.5 Å². The maximum atomic E-state index is 13.1. The van der Waals surface area contributed by atoms with Crippen LogP contribution >= 0.6 is 0 Å². The molecule has 0 radical (unpaired) electrons. The monoisotopic (exact) mass is 450 g/mol. The summed E-state index contributed by atoms with van der Waals surface area (Å²) in [6.07, 6.45) is 3.66. The third kappa shape index (κ3) is 6.18. The largest absolute Gasteiger partial charge is 0.228 e. The van der Waals surface area contributed by atoms with Crippen LogP contribution in [0.4, 0.5) is 0 Å². The van der Waals surface area contributed by atoms with Gasteiger partial charge in [0.1, 0.15) is 0 Å². The normalized spacial score (nSPS) is 10.9. The van der Waals surface area contributed by atoms with Crippen LogP contribution in [0.15, 0.2) is 133 Å². The van der Waals surface area contributed by atoms with Crippen molar-refractivity contribution in [2.75, 3.05) is 11.5 Å². The Morgan fingerprint density at radius 1 is 0.455 bits per heavy atom. The van der Waals surface area contributed by atoms with Crippen LogP contribution in [0.5, 0.6) is 0 Å². The first-order valence-electron chi connectivity index (χ1n) is 10.9. The van der Waals surface area contributed by atoms with Gasteiger partial charge in [-0.2, -0.15) is 0 Å². The minimum atomic E-state index is -3.36. The Hall–Kier alpha value is -3.69. The van der Waals surface area contributed by atoms with E-state index in [2.05, 4.69) is 0 Å². The zero-order valence-electron chi connectivity index (χ0n) is 18.3. The predicted molar refractivity (Wildman–Crippen MR) is 139 cm³/mol. The summed E-state index contributed by atoms with van der Waals surface area (Å²) in [4.78, 5) is 0. The van der Waals surface area contributed by atoms with Crippen molar-refractivity contribution in [2.45, 2.75) is 0 Å². The van der Waals surface area contributed by atoms with Crippen LogP contribution in [-0.4, -0.2) is 19.9 Å². The topological polar surface area (TPSA) is 34.1 Å². The SMILES string of the molecule is O=S(=O)(CC=C(c1ccccc1)c1ccccc1)CC=C(c1ccccc1)c1ccccc1. The summed E-state index contributed by atoms with van der Waals surface area (Å²) in [6, 6.07) is 39.6. The zero-order chi connectivity index (χ0) is 22.9. The van der Waals surface area contributed by atoms with Gasteiger partial charge < -0.3 is 0 Å². The first kappa shape index (κ1) is 22.5. The number of hydrogen-bond donors (Lipinski definition) is 0. The first-order chi connectivity index (χ1) is 16.1. The molecule has 0 atom stereocenters. The average Bonchev–Trinajstić information content (AvgIpc) is 2.87. The van der Waals surface area contributed by atoms with Crippen LogP contribution in [0.2, 0.25) is 0 Å². The highest BCUT2D eigenvalue weighted by molar-refractivity contribution is 7.91. The molecule has 0 amide bonds. The van der Waals surface area contributed by atoms with E-state index in [0.717, 1.165) is 33.4 Å². The molecule has 4 aromatic carbocycles. The summed E-state index contributed by atoms with van der Waals surface area (Å²) in [5.41, 5.74) is 5.87. The highest BCUT2D eigenvalue weighted by Gasteiger charge is 2.12. The van der Waals surface area contributed by atoms with Crippen molar-refractivity contribution in [3.63, 3.8) is 0 Å². The lowest BCUT2D eigenvalue weighted by atomic mass is 9.98. The summed E-state index contributed by atoms with van der Waals surface area (Å²) < 4.78 is 26.2. The van der Waals surface area contributed by atoms with E-state index in [1.165, 1.54) is 0 Å². The van der Waals surface area contributed by atoms with Crippen molar-refractivity contribution in [2.24, 2.45) is 0 Å². The van der Waals surface area contributed by atoms with Crippen molar-refractivity contribution >= 4 is 21.0 Å². The molecule has 0 bridgehead atoms. The molecule has 3 heteroatoms. The molecule has 0 aliphatic rings. The first-order valence-corrected chi connectivity index (χ1v) is 12.8. The number of hydrogen-bond acceptors (Lipinski definition) is 2. The second-order valence-corrected chi connectivity index (χ2v) is 9.93. The van der Waals surface area contributed by atoms with Crippen LogP contribution in [0.25, 0.3) is 11.1 Å². The maximum Gasteiger partial charge on any atom is 0.157 e. The summed E-state index contributed by atoms with van der Waals surface area (Å²) in [5.74, 6) is -0.0566. The lowest BCUT2D eigenvalue weighted by Crippen LogP contribution is -2.09. The summed E-state index contributed by atoms with van der Waals surface area (Å²) >= 11 is 0. The molecule has 0 aromatic heterocycles. The molecule has 0 aliphatic carbocycles. The Labute approximate surface area is 196 Å². The van der Waals surface area contributed by atoms with Crippen molar-refractivity contribution in [3.05, 3.63) is 156 Å². The minimum absolute atomic E-state index is 0.0283. The number of benzene rings is 4. The van der Waals surface area contributed by atoms with Gasteiger partial charge in [-0.25, -0.2) is 8.42 Å². The molecule has 33 heavy (non-hydrogen) atoms. The van der Waals surface area contributed by atoms with Crippen molar-refractivity contribution in [1.29, 1.82) is 0 Å². The van der Waals surface area contributed by atoms with Gasteiger partial charge in [0, 0.05) is 0 Å². The van der Waals surface area contributed by atoms with Gasteiger partial charge in [0.2, 0.25) is 0 Å². The molecule has 0 saturated heterocycles. The van der Waals surface area contributed by atoms with Gasteiger partial charge in [-0.1, -0.05) is 133 Å². The maximum absolute atomic E-state index is 13.1. The summed E-state index contributed by atoms with van der Waals surface area (Å²) in [7, 11) is -3.36. The Morgan fingerprint density at radius 3 is 0.939 bits per heavy atom. The fraction of sp³-hybridized carbons (Fsp3) is 0.0667. The number of sulfone groups is 1. The van der Waals surface area contributed by atoms with Crippen LogP contribution in [0, 0.1) is 0 Å². The van der Waals surface area contributed by atoms with Gasteiger partial charge in [-0.05, 0) is 33.4 Å². The van der Waals surface area contributed by atoms with E-state index in [0.29, 0.717) is 0 Å². The van der Waals surface area contributed by atoms with Crippen LogP contribution < -0.4 is 0 Å². The van der Waals surface area contributed by atoms with E-state index < -0.39 is 9.84 Å². The minimum Gasteiger partial charge on any atom is -0.228 e. The molecule has 0 fully saturated rings. The zero-order valence-corrected chi connectivity index (χ0v) is 19.2. The fourth-order valence-corrected chi connectivity index (χ4v) is 4.74. The van der Waals surface area contributed by atoms with E-state index in [1.54, 1.807) is 0 Å². The van der Waals surface area contributed by atoms with Gasteiger partial charge in [0.05, 0.1) is 11.5 Å². The lowest BCUT2D eigenvalue weighted by Gasteiger charge is -2.10. The average molecular weight is 451 g/mol. The quantitative estimate of drug-likeness (QED) is 0.301. The Kier molecular flexibility index (Phi) is 7.33. The van der Waals surface area contributed by atoms with Gasteiger partial charge in [-0.3, -0.25) is 0 Å². The molecule has 2 nitrogen and oxygen atoms in total. The standard InChI is InChI=1S/C30H26O2S/c31-33(32,23-21-29(25-13-5-1-6-14-25)26-15-7-2-8-16-26)24-22-30(27-17-9-3-10-18-27)28-19-11-4-12-20-28/h1-22H,23-24H2. The van der Waals surface area contributed by atoms with Crippen molar-refractivity contribution in [1.82, 2.24) is 0 Å². The highest BCUT2D eigenvalue weighted by Crippen LogP contribution is 2.25. The molecule has 4 aromatic rings. The molecule has 0 unspecified atom stereocenters. The van der Waals surface area contributed by atoms with Crippen LogP contribution in [0.1, 0.15) is 22.3 Å². The second-order valence-electron chi connectivity index (χ2n) is 7.78. The molecule has 0 spiro atoms. The van der Waals surface area contributed by atoms with Gasteiger partial charge in [0.15, 0.2) is 9.84 Å². The van der Waals surface area contributed by atoms with Crippen molar-refractivity contribution < 1.29 is 8.42 Å². The molecular weight excluding hydrogens is 424 g/mol. The molecule has 164 valence electrons. The van der Waals surface area contributed by atoms with E-state index >= 15 is 0 Å². The van der Waals surface area contributed by atoms with Crippen LogP contribution in [-0.2, 0) is 9.84 Å². The molecular formula is C30H26O2S. The van der Waals surface area contributed by atoms with E-state index in [1.807, 2.05) is 133 Å². The van der Waals surface area contributed by atoms with Crippen molar-refractivity contribution in [3.8, 4) is 0 Å². The smallest absolute Gasteiger partial charge is 0.157 e. The third-order valence-corrected chi connectivity index (χ3v) is 6.77. The molecule has 0 heterocycles. The predicted octanol–water partition coefficient (Wildman–Crippen LogP) is 6.67. The third-order valence-electron chi connectivity index (χ3n) is 5.42. The molecule has 0 aliphatic heterocycles. The van der Waals surface area contributed by atoms with Gasteiger partial charge in [-0.15, -0.1) is 0 Å². The lowest BCUT2D eigenvalue weighted by molar-refractivity contribution is 0.602. The van der Waals surface area contributed by atoms with E-state index in [9.17, 15) is 8.42 Å². The molecule has 0 saturated carbocycles. The summed E-state index contributed by atoms with van der Waals surface area (Å²) in [6.45, 7) is 0. The Morgan fingerprint density at radius 2 is 0.697 bits per heavy atom. The highest BCUT2D eigenvalue weighted by atomic mass is 32.2. The van der Waals surface area contributed by atoms with Gasteiger partial charge >= 0.3 is 0 Å². The Balaban J connectivity index is 1.63. The molecule has 4 rings (SSSR count). The second kappa shape index (κ2) is 10.8. The van der Waals surface area contributed by atoms with Gasteiger partial charge in [0.25, 0.3) is 0 Å². The summed E-state index contributed by atoms with van der Waals surface area (Å²) in [5, 5.41) is 0. The van der Waals surface area contributed by atoms with Crippen LogP contribution in [0.3, 0.4) is 0 Å². The number of rotatable bonds is 8. The van der Waals surface area contributed by atoms with E-state index in [4.69, 9.17) is 0 Å². The molecule has 0 N–H and O–H groups in total. The fourth-order valence-electron chi connectivity index (χ4n) is 3.76. The Bertz CT molecular complexity index is 1140.